The first-order valence-corrected chi connectivity index (χ1v) is 13.1. The molecule has 1 aliphatic rings. The first-order valence-electron chi connectivity index (χ1n) is 13.1. The standard InChI is InChI=1S/C34H29N3O2/c1-4-12-26(13-5-1)24-38-32-20-19-29(22-33(32)39-25-27-14-6-2-7-15-27)31-23-30(28-16-8-3-9-17-28)36-37(31)34-18-10-11-21-35-34/h1-22,31H,23-25H2. The van der Waals surface area contributed by atoms with Crippen molar-refractivity contribution in [3.8, 4) is 11.5 Å². The van der Waals surface area contributed by atoms with Crippen molar-refractivity contribution in [1.29, 1.82) is 0 Å². The molecule has 39 heavy (non-hydrogen) atoms. The second kappa shape index (κ2) is 11.7. The summed E-state index contributed by atoms with van der Waals surface area (Å²) in [6.45, 7) is 0.916. The molecular formula is C34H29N3O2. The molecule has 0 saturated heterocycles. The Kier molecular flexibility index (Phi) is 7.30. The summed E-state index contributed by atoms with van der Waals surface area (Å²) < 4.78 is 12.6. The Balaban J connectivity index is 1.32. The van der Waals surface area contributed by atoms with Gasteiger partial charge in [0.15, 0.2) is 11.5 Å². The monoisotopic (exact) mass is 511 g/mol. The van der Waals surface area contributed by atoms with Crippen molar-refractivity contribution in [3.05, 3.63) is 156 Å². The molecule has 0 radical (unpaired) electrons. The molecule has 1 aromatic heterocycles. The zero-order valence-corrected chi connectivity index (χ0v) is 21.6. The summed E-state index contributed by atoms with van der Waals surface area (Å²) in [5.41, 5.74) is 5.44. The zero-order valence-electron chi connectivity index (χ0n) is 21.6. The minimum atomic E-state index is -0.0302. The number of ether oxygens (including phenoxy) is 2. The normalized spacial score (nSPS) is 14.6. The van der Waals surface area contributed by atoms with Crippen LogP contribution in [0, 0.1) is 0 Å². The van der Waals surface area contributed by atoms with E-state index in [4.69, 9.17) is 14.6 Å². The average molecular weight is 512 g/mol. The van der Waals surface area contributed by atoms with Gasteiger partial charge in [0.1, 0.15) is 19.0 Å². The van der Waals surface area contributed by atoms with E-state index in [0.29, 0.717) is 24.7 Å². The van der Waals surface area contributed by atoms with Crippen LogP contribution in [0.3, 0.4) is 0 Å². The van der Waals surface area contributed by atoms with Gasteiger partial charge in [0.25, 0.3) is 0 Å². The summed E-state index contributed by atoms with van der Waals surface area (Å²) in [6, 6.07) is 42.8. The number of rotatable bonds is 9. The Morgan fingerprint density at radius 3 is 1.90 bits per heavy atom. The van der Waals surface area contributed by atoms with Gasteiger partial charge in [0.2, 0.25) is 0 Å². The molecule has 5 nitrogen and oxygen atoms in total. The van der Waals surface area contributed by atoms with E-state index in [9.17, 15) is 0 Å². The summed E-state index contributed by atoms with van der Waals surface area (Å²) in [4.78, 5) is 4.61. The lowest BCUT2D eigenvalue weighted by molar-refractivity contribution is 0.255. The molecule has 2 heterocycles. The number of pyridine rings is 1. The molecule has 0 aliphatic carbocycles. The molecule has 0 saturated carbocycles. The fraction of sp³-hybridized carbons (Fsp3) is 0.118. The quantitative estimate of drug-likeness (QED) is 0.204. The van der Waals surface area contributed by atoms with E-state index in [1.807, 2.05) is 83.9 Å². The molecule has 1 unspecified atom stereocenters. The van der Waals surface area contributed by atoms with Crippen molar-refractivity contribution in [2.75, 3.05) is 5.01 Å². The minimum absolute atomic E-state index is 0.0302. The Hall–Kier alpha value is -4.90. The van der Waals surface area contributed by atoms with Crippen LogP contribution in [-0.4, -0.2) is 10.7 Å². The Bertz CT molecular complexity index is 1520. The van der Waals surface area contributed by atoms with Gasteiger partial charge in [-0.3, -0.25) is 0 Å². The Morgan fingerprint density at radius 2 is 1.26 bits per heavy atom. The van der Waals surface area contributed by atoms with Crippen LogP contribution in [0.5, 0.6) is 11.5 Å². The summed E-state index contributed by atoms with van der Waals surface area (Å²) in [5.74, 6) is 2.23. The molecule has 1 aliphatic heterocycles. The number of nitrogens with zero attached hydrogens (tertiary/aromatic N) is 3. The first-order chi connectivity index (χ1) is 19.3. The highest BCUT2D eigenvalue weighted by Crippen LogP contribution is 2.39. The first kappa shape index (κ1) is 24.4. The fourth-order valence-corrected chi connectivity index (χ4v) is 4.71. The van der Waals surface area contributed by atoms with Crippen LogP contribution in [0.1, 0.15) is 34.7 Å². The molecule has 0 spiro atoms. The molecule has 4 aromatic carbocycles. The van der Waals surface area contributed by atoms with Crippen molar-refractivity contribution in [2.24, 2.45) is 5.10 Å². The van der Waals surface area contributed by atoms with Crippen molar-refractivity contribution < 1.29 is 9.47 Å². The molecule has 0 amide bonds. The third kappa shape index (κ3) is 5.83. The molecule has 192 valence electrons. The van der Waals surface area contributed by atoms with Crippen molar-refractivity contribution >= 4 is 11.5 Å². The van der Waals surface area contributed by atoms with Gasteiger partial charge in [-0.2, -0.15) is 5.10 Å². The SMILES string of the molecule is c1ccc(COc2ccc(C3CC(c4ccccc4)=NN3c3ccccn3)cc2OCc2ccccc2)cc1. The van der Waals surface area contributed by atoms with Gasteiger partial charge in [-0.25, -0.2) is 9.99 Å². The lowest BCUT2D eigenvalue weighted by Gasteiger charge is -2.24. The summed E-state index contributed by atoms with van der Waals surface area (Å²) >= 11 is 0. The lowest BCUT2D eigenvalue weighted by atomic mass is 9.98. The van der Waals surface area contributed by atoms with E-state index in [-0.39, 0.29) is 6.04 Å². The van der Waals surface area contributed by atoms with Crippen molar-refractivity contribution in [3.63, 3.8) is 0 Å². The van der Waals surface area contributed by atoms with E-state index < -0.39 is 0 Å². The van der Waals surface area contributed by atoms with Crippen LogP contribution in [0.15, 0.2) is 139 Å². The topological polar surface area (TPSA) is 47.0 Å². The van der Waals surface area contributed by atoms with Crippen LogP contribution < -0.4 is 14.5 Å². The Labute approximate surface area is 229 Å². The zero-order chi connectivity index (χ0) is 26.3. The largest absolute Gasteiger partial charge is 0.485 e. The van der Waals surface area contributed by atoms with Gasteiger partial charge in [-0.15, -0.1) is 0 Å². The average Bonchev–Trinajstić information content (AvgIpc) is 3.47. The van der Waals surface area contributed by atoms with Gasteiger partial charge in [-0.05, 0) is 46.5 Å². The number of hydrogen-bond donors (Lipinski definition) is 0. The number of benzene rings is 4. The van der Waals surface area contributed by atoms with E-state index in [2.05, 4.69) is 53.5 Å². The van der Waals surface area contributed by atoms with Crippen LogP contribution in [-0.2, 0) is 13.2 Å². The van der Waals surface area contributed by atoms with Crippen molar-refractivity contribution in [1.82, 2.24) is 4.98 Å². The van der Waals surface area contributed by atoms with Crippen LogP contribution in [0.4, 0.5) is 5.82 Å². The maximum absolute atomic E-state index is 6.37. The second-order valence-corrected chi connectivity index (χ2v) is 9.42. The van der Waals surface area contributed by atoms with Crippen LogP contribution >= 0.6 is 0 Å². The van der Waals surface area contributed by atoms with Gasteiger partial charge in [0.05, 0.1) is 11.8 Å². The second-order valence-electron chi connectivity index (χ2n) is 9.42. The third-order valence-corrected chi connectivity index (χ3v) is 6.73. The van der Waals surface area contributed by atoms with Crippen LogP contribution in [0.25, 0.3) is 0 Å². The summed E-state index contributed by atoms with van der Waals surface area (Å²) in [5, 5.41) is 7.04. The highest BCUT2D eigenvalue weighted by Gasteiger charge is 2.31. The number of aromatic nitrogens is 1. The maximum atomic E-state index is 6.37. The Morgan fingerprint density at radius 1 is 0.641 bits per heavy atom. The number of hydrogen-bond acceptors (Lipinski definition) is 5. The van der Waals surface area contributed by atoms with Gasteiger partial charge >= 0.3 is 0 Å². The van der Waals surface area contributed by atoms with Crippen LogP contribution in [0.2, 0.25) is 0 Å². The predicted octanol–water partition coefficient (Wildman–Crippen LogP) is 7.60. The van der Waals surface area contributed by atoms with Crippen molar-refractivity contribution in [2.45, 2.75) is 25.7 Å². The van der Waals surface area contributed by atoms with Gasteiger partial charge in [0, 0.05) is 12.6 Å². The highest BCUT2D eigenvalue weighted by atomic mass is 16.5. The molecule has 0 fully saturated rings. The molecule has 5 aromatic rings. The highest BCUT2D eigenvalue weighted by molar-refractivity contribution is 6.03. The van der Waals surface area contributed by atoms with E-state index in [0.717, 1.165) is 40.2 Å². The van der Waals surface area contributed by atoms with E-state index >= 15 is 0 Å². The molecule has 1 atom stereocenters. The fourth-order valence-electron chi connectivity index (χ4n) is 4.71. The molecular weight excluding hydrogens is 482 g/mol. The smallest absolute Gasteiger partial charge is 0.162 e. The predicted molar refractivity (Wildman–Crippen MR) is 155 cm³/mol. The van der Waals surface area contributed by atoms with E-state index in [1.54, 1.807) is 6.20 Å². The van der Waals surface area contributed by atoms with E-state index in [1.165, 1.54) is 0 Å². The molecule has 0 bridgehead atoms. The summed E-state index contributed by atoms with van der Waals surface area (Å²) in [6.07, 6.45) is 2.56. The molecule has 6 rings (SSSR count). The minimum Gasteiger partial charge on any atom is -0.485 e. The maximum Gasteiger partial charge on any atom is 0.162 e. The molecule has 5 heteroatoms. The number of anilines is 1. The third-order valence-electron chi connectivity index (χ3n) is 6.73. The number of hydrazone groups is 1. The summed E-state index contributed by atoms with van der Waals surface area (Å²) in [7, 11) is 0. The molecule has 0 N–H and O–H groups in total. The lowest BCUT2D eigenvalue weighted by Crippen LogP contribution is -2.19. The van der Waals surface area contributed by atoms with Gasteiger partial charge < -0.3 is 9.47 Å². The van der Waals surface area contributed by atoms with Gasteiger partial charge in [-0.1, -0.05) is 103 Å².